The first-order valence-corrected chi connectivity index (χ1v) is 12.6. The van der Waals surface area contributed by atoms with Crippen LogP contribution in [0.4, 0.5) is 0 Å². The molecule has 0 spiro atoms. The van der Waals surface area contributed by atoms with E-state index in [-0.39, 0.29) is 17.3 Å². The average molecular weight is 421 g/mol. The van der Waals surface area contributed by atoms with E-state index in [1.54, 1.807) is 0 Å². The van der Waals surface area contributed by atoms with Crippen LogP contribution in [0.2, 0.25) is 0 Å². The molecule has 0 aromatic rings. The van der Waals surface area contributed by atoms with E-state index in [0.29, 0.717) is 30.1 Å². The molecular weight excluding hydrogens is 376 g/mol. The second kappa shape index (κ2) is 7.76. The molecule has 4 heteroatoms. The first kappa shape index (κ1) is 22.6. The number of hydrogen-bond acceptors (Lipinski definition) is 4. The first-order valence-electron chi connectivity index (χ1n) is 12.6. The monoisotopic (exact) mass is 420 g/mol. The van der Waals surface area contributed by atoms with E-state index in [1.807, 2.05) is 0 Å². The van der Waals surface area contributed by atoms with Crippen molar-refractivity contribution in [2.24, 2.45) is 45.8 Å². The van der Waals surface area contributed by atoms with Crippen LogP contribution in [0.3, 0.4) is 0 Å². The summed E-state index contributed by atoms with van der Waals surface area (Å²) in [5, 5.41) is 22.1. The molecule has 4 rings (SSSR count). The summed E-state index contributed by atoms with van der Waals surface area (Å²) in [6, 6.07) is 0. The van der Waals surface area contributed by atoms with Crippen LogP contribution in [0.15, 0.2) is 0 Å². The first-order chi connectivity index (χ1) is 14.1. The largest absolute Gasteiger partial charge is 0.469 e. The van der Waals surface area contributed by atoms with Crippen molar-refractivity contribution in [1.29, 1.82) is 0 Å². The Hall–Kier alpha value is -0.610. The lowest BCUT2D eigenvalue weighted by molar-refractivity contribution is -0.227. The molecule has 2 N–H and O–H groups in total. The van der Waals surface area contributed by atoms with Crippen LogP contribution >= 0.6 is 0 Å². The quantitative estimate of drug-likeness (QED) is 0.631. The molecule has 0 aromatic heterocycles. The smallest absolute Gasteiger partial charge is 0.312 e. The molecule has 4 aliphatic carbocycles. The molecule has 4 saturated carbocycles. The number of rotatable bonds is 4. The van der Waals surface area contributed by atoms with Gasteiger partial charge in [0.1, 0.15) is 0 Å². The molecule has 30 heavy (non-hydrogen) atoms. The number of ether oxygens (including phenoxy) is 1. The number of aliphatic hydroxyl groups excluding tert-OH is 2. The van der Waals surface area contributed by atoms with Crippen LogP contribution in [0, 0.1) is 45.8 Å². The molecule has 0 bridgehead atoms. The Kier molecular flexibility index (Phi) is 5.84. The van der Waals surface area contributed by atoms with Gasteiger partial charge < -0.3 is 14.9 Å². The molecule has 0 amide bonds. The molecule has 0 aromatic carbocycles. The summed E-state index contributed by atoms with van der Waals surface area (Å²) in [6.07, 6.45) is 8.91. The highest BCUT2D eigenvalue weighted by atomic mass is 16.5. The van der Waals surface area contributed by atoms with E-state index in [4.69, 9.17) is 4.74 Å². The van der Waals surface area contributed by atoms with Gasteiger partial charge in [0.15, 0.2) is 0 Å². The van der Waals surface area contributed by atoms with Gasteiger partial charge >= 0.3 is 5.97 Å². The van der Waals surface area contributed by atoms with Crippen molar-refractivity contribution >= 4 is 5.97 Å². The number of hydrogen-bond donors (Lipinski definition) is 2. The van der Waals surface area contributed by atoms with Crippen molar-refractivity contribution in [2.75, 3.05) is 7.11 Å². The van der Waals surface area contributed by atoms with E-state index in [0.717, 1.165) is 31.1 Å². The summed E-state index contributed by atoms with van der Waals surface area (Å²) in [6.45, 7) is 9.53. The zero-order chi connectivity index (χ0) is 21.9. The number of esters is 1. The van der Waals surface area contributed by atoms with E-state index in [1.165, 1.54) is 39.2 Å². The van der Waals surface area contributed by atoms with Crippen LogP contribution in [0.25, 0.3) is 0 Å². The van der Waals surface area contributed by atoms with E-state index in [2.05, 4.69) is 27.7 Å². The van der Waals surface area contributed by atoms with Crippen LogP contribution in [0.1, 0.15) is 91.9 Å². The molecule has 0 radical (unpaired) electrons. The Morgan fingerprint density at radius 2 is 1.80 bits per heavy atom. The zero-order valence-corrected chi connectivity index (χ0v) is 19.8. The Morgan fingerprint density at radius 1 is 1.07 bits per heavy atom. The molecule has 10 atom stereocenters. The lowest BCUT2D eigenvalue weighted by atomic mass is 9.39. The van der Waals surface area contributed by atoms with Crippen molar-refractivity contribution in [3.63, 3.8) is 0 Å². The Balaban J connectivity index is 1.70. The molecule has 0 aliphatic heterocycles. The van der Waals surface area contributed by atoms with Gasteiger partial charge in [-0.2, -0.15) is 0 Å². The second-order valence-corrected chi connectivity index (χ2v) is 11.9. The van der Waals surface area contributed by atoms with Crippen molar-refractivity contribution in [2.45, 2.75) is 104 Å². The second-order valence-electron chi connectivity index (χ2n) is 11.9. The maximum absolute atomic E-state index is 13.2. The number of aliphatic hydroxyl groups is 2. The number of carbonyl (C=O) groups is 1. The minimum atomic E-state index is -0.749. The molecule has 4 nitrogen and oxygen atoms in total. The summed E-state index contributed by atoms with van der Waals surface area (Å²) in [5.41, 5.74) is -0.633. The lowest BCUT2D eigenvalue weighted by Crippen LogP contribution is -2.65. The molecule has 0 saturated heterocycles. The zero-order valence-electron chi connectivity index (χ0n) is 19.8. The summed E-state index contributed by atoms with van der Waals surface area (Å²) in [5.74, 6) is 2.46. The van der Waals surface area contributed by atoms with E-state index >= 15 is 0 Å². The third-order valence-corrected chi connectivity index (χ3v) is 10.9. The minimum absolute atomic E-state index is 0.197. The SMILES string of the molecule is CCC[C@@H](C)[C@H]1CC[C@H]2[C@@H]3[C@H](O)CC4(C(=O)OC)C[C@H](O)CC[C@]4(C)[C@H]3CC[C@]12C. The lowest BCUT2D eigenvalue weighted by Gasteiger charge is -2.65. The highest BCUT2D eigenvalue weighted by Gasteiger charge is 2.69. The number of methoxy groups -OCH3 is 1. The third kappa shape index (κ3) is 2.95. The maximum Gasteiger partial charge on any atom is 0.312 e. The molecule has 4 aliphatic rings. The van der Waals surface area contributed by atoms with Gasteiger partial charge in [-0.25, -0.2) is 0 Å². The Morgan fingerprint density at radius 3 is 2.47 bits per heavy atom. The van der Waals surface area contributed by atoms with Crippen molar-refractivity contribution in [3.05, 3.63) is 0 Å². The van der Waals surface area contributed by atoms with E-state index < -0.39 is 17.6 Å². The highest BCUT2D eigenvalue weighted by Crippen LogP contribution is 2.71. The van der Waals surface area contributed by atoms with Gasteiger partial charge in [0.05, 0.1) is 24.7 Å². The Bertz CT molecular complexity index is 663. The van der Waals surface area contributed by atoms with Crippen molar-refractivity contribution < 1.29 is 19.7 Å². The van der Waals surface area contributed by atoms with E-state index in [9.17, 15) is 15.0 Å². The highest BCUT2D eigenvalue weighted by molar-refractivity contribution is 5.78. The van der Waals surface area contributed by atoms with Crippen molar-refractivity contribution in [3.8, 4) is 0 Å². The Labute approximate surface area is 183 Å². The standard InChI is InChI=1S/C26H44O4/c1-6-7-16(2)18-8-9-19-22-20(11-12-24(18,19)3)25(4)13-10-17(27)14-26(25,15-21(22)28)23(29)30-5/h16-22,27-28H,6-15H2,1-5H3/t16-,17-,18-,19+,20+,21-,22+,24-,25-,26?/m1/s1. The van der Waals surface area contributed by atoms with Gasteiger partial charge in [-0.05, 0) is 91.8 Å². The number of fused-ring (bicyclic) bond motifs is 5. The topological polar surface area (TPSA) is 66.8 Å². The van der Waals surface area contributed by atoms with Gasteiger partial charge in [0, 0.05) is 0 Å². The molecule has 0 heterocycles. The summed E-state index contributed by atoms with van der Waals surface area (Å²) < 4.78 is 5.31. The van der Waals surface area contributed by atoms with Crippen LogP contribution in [-0.4, -0.2) is 35.5 Å². The van der Waals surface area contributed by atoms with Gasteiger partial charge in [-0.3, -0.25) is 4.79 Å². The van der Waals surface area contributed by atoms with Crippen LogP contribution in [0.5, 0.6) is 0 Å². The average Bonchev–Trinajstić information content (AvgIpc) is 3.06. The fraction of sp³-hybridized carbons (Fsp3) is 0.962. The number of carbonyl (C=O) groups excluding carboxylic acids is 1. The van der Waals surface area contributed by atoms with Gasteiger partial charge in [0.25, 0.3) is 0 Å². The molecule has 4 fully saturated rings. The van der Waals surface area contributed by atoms with Crippen molar-refractivity contribution in [1.82, 2.24) is 0 Å². The molecular formula is C26H44O4. The minimum Gasteiger partial charge on any atom is -0.469 e. The normalized spacial score (nSPS) is 51.4. The predicted octanol–water partition coefficient (Wildman–Crippen LogP) is 4.96. The fourth-order valence-corrected chi connectivity index (χ4v) is 9.49. The van der Waals surface area contributed by atoms with Gasteiger partial charge in [-0.15, -0.1) is 0 Å². The molecule has 172 valence electrons. The third-order valence-electron chi connectivity index (χ3n) is 10.9. The molecule has 1 unspecified atom stereocenters. The van der Waals surface area contributed by atoms with Gasteiger partial charge in [-0.1, -0.05) is 40.5 Å². The fourth-order valence-electron chi connectivity index (χ4n) is 9.49. The summed E-state index contributed by atoms with van der Waals surface area (Å²) in [7, 11) is 1.46. The maximum atomic E-state index is 13.2. The summed E-state index contributed by atoms with van der Waals surface area (Å²) >= 11 is 0. The summed E-state index contributed by atoms with van der Waals surface area (Å²) in [4.78, 5) is 13.2. The van der Waals surface area contributed by atoms with Crippen LogP contribution in [-0.2, 0) is 9.53 Å². The van der Waals surface area contributed by atoms with Crippen LogP contribution < -0.4 is 0 Å². The predicted molar refractivity (Wildman–Crippen MR) is 118 cm³/mol. The van der Waals surface area contributed by atoms with Gasteiger partial charge in [0.2, 0.25) is 0 Å².